The van der Waals surface area contributed by atoms with Crippen LogP contribution in [0.1, 0.15) is 30.5 Å². The normalized spacial score (nSPS) is 22.7. The Morgan fingerprint density at radius 1 is 1.36 bits per heavy atom. The molecule has 0 radical (unpaired) electrons. The summed E-state index contributed by atoms with van der Waals surface area (Å²) in [5.74, 6) is -1.69. The summed E-state index contributed by atoms with van der Waals surface area (Å²) in [5.41, 5.74) is 2.38. The van der Waals surface area contributed by atoms with Gasteiger partial charge in [-0.2, -0.15) is 13.2 Å². The van der Waals surface area contributed by atoms with Crippen LogP contribution in [-0.4, -0.2) is 12.1 Å². The fraction of sp³-hybridized carbons (Fsp3) is 0.500. The Morgan fingerprint density at radius 3 is 2.52 bits per heavy atom. The van der Waals surface area contributed by atoms with E-state index in [0.29, 0.717) is 0 Å². The van der Waals surface area contributed by atoms with E-state index in [2.05, 4.69) is 22.6 Å². The lowest BCUT2D eigenvalue weighted by Gasteiger charge is -2.12. The first-order valence-electron chi connectivity index (χ1n) is 7.73. The minimum absolute atomic E-state index is 0.114. The lowest BCUT2D eigenvalue weighted by atomic mass is 10.0. The number of allylic oxidation sites excluding steroid dienone is 2. The molecule has 0 heterocycles. The highest BCUT2D eigenvalue weighted by atomic mass is 127. The zero-order valence-electron chi connectivity index (χ0n) is 14.3. The molecule has 1 aromatic carbocycles. The summed E-state index contributed by atoms with van der Waals surface area (Å²) in [4.78, 5) is 12.4. The molecular formula is C18H19ClF3IO2. The molecule has 0 amide bonds. The smallest absolute Gasteiger partial charge is 0.426 e. The first kappa shape index (κ1) is 20.6. The van der Waals surface area contributed by atoms with Gasteiger partial charge in [-0.05, 0) is 70.5 Å². The maximum Gasteiger partial charge on any atom is 0.426 e. The average molecular weight is 487 g/mol. The standard InChI is InChI=1S/C18H19ClF3IO2/c1-9-5-6-13(23)10(2)11(9)8-25-16(24)15-12(17(15,3)4)7-14(19)18(20,21)22/h5-7,12,15H,8H2,1-4H3/b14-7-. The summed E-state index contributed by atoms with van der Waals surface area (Å²) in [6, 6.07) is 3.94. The van der Waals surface area contributed by atoms with Crippen LogP contribution in [-0.2, 0) is 16.1 Å². The van der Waals surface area contributed by atoms with Crippen LogP contribution in [0.5, 0.6) is 0 Å². The molecule has 1 saturated carbocycles. The van der Waals surface area contributed by atoms with Crippen LogP contribution < -0.4 is 0 Å². The van der Waals surface area contributed by atoms with Crippen molar-refractivity contribution in [3.63, 3.8) is 0 Å². The highest BCUT2D eigenvalue weighted by Gasteiger charge is 2.62. The number of aryl methyl sites for hydroxylation is 1. The molecule has 2 atom stereocenters. The van der Waals surface area contributed by atoms with Gasteiger partial charge < -0.3 is 4.74 Å². The molecule has 0 spiro atoms. The minimum atomic E-state index is -4.59. The van der Waals surface area contributed by atoms with Gasteiger partial charge in [0.2, 0.25) is 0 Å². The van der Waals surface area contributed by atoms with Gasteiger partial charge in [0, 0.05) is 3.57 Å². The number of esters is 1. The Labute approximate surface area is 163 Å². The van der Waals surface area contributed by atoms with Gasteiger partial charge in [-0.1, -0.05) is 37.6 Å². The fourth-order valence-corrected chi connectivity index (χ4v) is 3.65. The largest absolute Gasteiger partial charge is 0.461 e. The first-order valence-corrected chi connectivity index (χ1v) is 9.18. The second-order valence-electron chi connectivity index (χ2n) is 6.91. The topological polar surface area (TPSA) is 26.3 Å². The molecule has 0 bridgehead atoms. The third kappa shape index (κ3) is 4.32. The van der Waals surface area contributed by atoms with Crippen LogP contribution in [0.4, 0.5) is 13.2 Å². The van der Waals surface area contributed by atoms with Gasteiger partial charge in [-0.25, -0.2) is 0 Å². The van der Waals surface area contributed by atoms with E-state index in [1.807, 2.05) is 26.0 Å². The number of carbonyl (C=O) groups is 1. The van der Waals surface area contributed by atoms with E-state index >= 15 is 0 Å². The molecule has 0 N–H and O–H groups in total. The summed E-state index contributed by atoms with van der Waals surface area (Å²) >= 11 is 7.51. The van der Waals surface area contributed by atoms with Crippen molar-refractivity contribution in [2.45, 2.75) is 40.5 Å². The van der Waals surface area contributed by atoms with Crippen molar-refractivity contribution in [3.05, 3.63) is 43.5 Å². The molecule has 1 aliphatic rings. The van der Waals surface area contributed by atoms with Crippen LogP contribution in [0.25, 0.3) is 0 Å². The molecule has 25 heavy (non-hydrogen) atoms. The van der Waals surface area contributed by atoms with E-state index in [-0.39, 0.29) is 6.61 Å². The van der Waals surface area contributed by atoms with Crippen molar-refractivity contribution in [2.75, 3.05) is 0 Å². The Bertz CT molecular complexity index is 726. The number of halogens is 5. The molecule has 0 aliphatic heterocycles. The summed E-state index contributed by atoms with van der Waals surface area (Å²) in [7, 11) is 0. The highest BCUT2D eigenvalue weighted by Crippen LogP contribution is 2.60. The predicted octanol–water partition coefficient (Wildman–Crippen LogP) is 5.91. The van der Waals surface area contributed by atoms with E-state index in [4.69, 9.17) is 16.3 Å². The summed E-state index contributed by atoms with van der Waals surface area (Å²) < 4.78 is 44.3. The molecule has 0 aromatic heterocycles. The number of carbonyl (C=O) groups excluding carboxylic acids is 1. The van der Waals surface area contributed by atoms with Gasteiger partial charge in [0.15, 0.2) is 0 Å². The van der Waals surface area contributed by atoms with Gasteiger partial charge in [0.25, 0.3) is 0 Å². The van der Waals surface area contributed by atoms with Crippen LogP contribution in [0, 0.1) is 34.7 Å². The summed E-state index contributed by atoms with van der Waals surface area (Å²) in [6.45, 7) is 7.48. The zero-order valence-corrected chi connectivity index (χ0v) is 17.2. The molecular weight excluding hydrogens is 468 g/mol. The van der Waals surface area contributed by atoms with E-state index in [9.17, 15) is 18.0 Å². The van der Waals surface area contributed by atoms with E-state index in [0.717, 1.165) is 26.3 Å². The van der Waals surface area contributed by atoms with Crippen molar-refractivity contribution in [3.8, 4) is 0 Å². The number of hydrogen-bond acceptors (Lipinski definition) is 2. The van der Waals surface area contributed by atoms with Gasteiger partial charge in [0.05, 0.1) is 5.92 Å². The molecule has 2 nitrogen and oxygen atoms in total. The summed E-state index contributed by atoms with van der Waals surface area (Å²) in [6.07, 6.45) is -3.67. The molecule has 7 heteroatoms. The van der Waals surface area contributed by atoms with E-state index in [1.165, 1.54) is 0 Å². The third-order valence-electron chi connectivity index (χ3n) is 4.89. The van der Waals surface area contributed by atoms with E-state index in [1.54, 1.807) is 13.8 Å². The zero-order chi connectivity index (χ0) is 19.2. The maximum absolute atomic E-state index is 12.6. The van der Waals surface area contributed by atoms with Crippen molar-refractivity contribution < 1.29 is 22.7 Å². The highest BCUT2D eigenvalue weighted by molar-refractivity contribution is 14.1. The molecule has 2 unspecified atom stereocenters. The number of benzene rings is 1. The van der Waals surface area contributed by atoms with Crippen molar-refractivity contribution >= 4 is 40.2 Å². The number of rotatable bonds is 4. The number of ether oxygens (including phenoxy) is 1. The van der Waals surface area contributed by atoms with Crippen molar-refractivity contribution in [1.82, 2.24) is 0 Å². The van der Waals surface area contributed by atoms with Gasteiger partial charge in [-0.15, -0.1) is 0 Å². The first-order chi connectivity index (χ1) is 11.4. The molecule has 138 valence electrons. The second kappa shape index (κ2) is 7.10. The monoisotopic (exact) mass is 486 g/mol. The van der Waals surface area contributed by atoms with Crippen LogP contribution in [0.3, 0.4) is 0 Å². The minimum Gasteiger partial charge on any atom is -0.461 e. The SMILES string of the molecule is Cc1ccc(I)c(C)c1COC(=O)C1C(/C=C(\Cl)C(F)(F)F)C1(C)C. The molecule has 1 fully saturated rings. The Kier molecular flexibility index (Phi) is 5.84. The van der Waals surface area contributed by atoms with Crippen LogP contribution in [0.15, 0.2) is 23.2 Å². The molecule has 0 saturated heterocycles. The quantitative estimate of drug-likeness (QED) is 0.391. The van der Waals surface area contributed by atoms with Crippen molar-refractivity contribution in [2.24, 2.45) is 17.3 Å². The summed E-state index contributed by atoms with van der Waals surface area (Å²) in [5, 5.41) is -1.19. The fourth-order valence-electron chi connectivity index (χ4n) is 3.01. The number of alkyl halides is 3. The molecule has 1 aromatic rings. The Morgan fingerprint density at radius 2 is 1.96 bits per heavy atom. The second-order valence-corrected chi connectivity index (χ2v) is 8.48. The van der Waals surface area contributed by atoms with Gasteiger partial charge in [0.1, 0.15) is 11.6 Å². The lowest BCUT2D eigenvalue weighted by molar-refractivity contribution is -0.147. The third-order valence-corrected chi connectivity index (χ3v) is 6.40. The van der Waals surface area contributed by atoms with Crippen LogP contribution in [0.2, 0.25) is 0 Å². The lowest BCUT2D eigenvalue weighted by Crippen LogP contribution is -2.12. The molecule has 2 rings (SSSR count). The van der Waals surface area contributed by atoms with E-state index < -0.39 is 34.4 Å². The molecule has 1 aliphatic carbocycles. The van der Waals surface area contributed by atoms with Gasteiger partial charge >= 0.3 is 12.1 Å². The number of hydrogen-bond donors (Lipinski definition) is 0. The predicted molar refractivity (Wildman–Crippen MR) is 99.2 cm³/mol. The average Bonchev–Trinajstić information content (AvgIpc) is 3.02. The van der Waals surface area contributed by atoms with Crippen LogP contribution >= 0.6 is 34.2 Å². The Hall–Kier alpha value is -0.760. The van der Waals surface area contributed by atoms with Crippen molar-refractivity contribution in [1.29, 1.82) is 0 Å². The Balaban J connectivity index is 2.09. The maximum atomic E-state index is 12.6. The van der Waals surface area contributed by atoms with Gasteiger partial charge in [-0.3, -0.25) is 4.79 Å².